The summed E-state index contributed by atoms with van der Waals surface area (Å²) in [5, 5.41) is 2.99. The van der Waals surface area contributed by atoms with E-state index in [1.54, 1.807) is 16.8 Å². The molecule has 1 aromatic carbocycles. The zero-order chi connectivity index (χ0) is 24.0. The van der Waals surface area contributed by atoms with E-state index in [0.29, 0.717) is 35.7 Å². The highest BCUT2D eigenvalue weighted by molar-refractivity contribution is 5.94. The van der Waals surface area contributed by atoms with E-state index >= 15 is 0 Å². The molecule has 1 saturated heterocycles. The number of benzene rings is 1. The molecule has 5 rings (SSSR count). The van der Waals surface area contributed by atoms with Crippen molar-refractivity contribution in [1.29, 1.82) is 0 Å². The fraction of sp³-hybridized carbons (Fsp3) is 0.348. The monoisotopic (exact) mass is 474 g/mol. The highest BCUT2D eigenvalue weighted by Gasteiger charge is 2.39. The Morgan fingerprint density at radius 1 is 1.06 bits per heavy atom. The van der Waals surface area contributed by atoms with Crippen molar-refractivity contribution < 1.29 is 22.4 Å². The normalized spacial score (nSPS) is 22.9. The van der Waals surface area contributed by atoms with Crippen LogP contribution in [0.15, 0.2) is 48.8 Å². The fourth-order valence-corrected chi connectivity index (χ4v) is 4.64. The van der Waals surface area contributed by atoms with Crippen LogP contribution in [0.4, 0.5) is 17.6 Å². The highest BCUT2D eigenvalue weighted by Crippen LogP contribution is 2.31. The van der Waals surface area contributed by atoms with E-state index in [2.05, 4.69) is 32.5 Å². The van der Waals surface area contributed by atoms with Crippen LogP contribution in [-0.4, -0.2) is 44.7 Å². The summed E-state index contributed by atoms with van der Waals surface area (Å²) >= 11 is 0. The first kappa shape index (κ1) is 22.3. The zero-order valence-electron chi connectivity index (χ0n) is 18.2. The van der Waals surface area contributed by atoms with Crippen LogP contribution in [-0.2, 0) is 12.7 Å². The van der Waals surface area contributed by atoms with Crippen molar-refractivity contribution in [3.05, 3.63) is 71.6 Å². The molecule has 0 saturated carbocycles. The number of nitrogens with one attached hydrogen (secondary N) is 2. The lowest BCUT2D eigenvalue weighted by molar-refractivity contribution is -0.141. The van der Waals surface area contributed by atoms with Crippen molar-refractivity contribution in [3.63, 3.8) is 0 Å². The molecule has 11 heteroatoms. The van der Waals surface area contributed by atoms with Crippen molar-refractivity contribution in [2.24, 2.45) is 11.8 Å². The number of hydrogen-bond donors (Lipinski definition) is 2. The van der Waals surface area contributed by atoms with Gasteiger partial charge in [0.15, 0.2) is 5.82 Å². The van der Waals surface area contributed by atoms with Crippen molar-refractivity contribution in [3.8, 4) is 11.4 Å². The van der Waals surface area contributed by atoms with Crippen molar-refractivity contribution in [2.75, 3.05) is 18.5 Å². The minimum atomic E-state index is -4.46. The van der Waals surface area contributed by atoms with Gasteiger partial charge in [-0.05, 0) is 41.8 Å². The average Bonchev–Trinajstić information content (AvgIpc) is 3.38. The molecule has 7 nitrogen and oxygen atoms in total. The summed E-state index contributed by atoms with van der Waals surface area (Å²) in [6, 6.07) is 8.32. The maximum Gasteiger partial charge on any atom is 0.433 e. The van der Waals surface area contributed by atoms with Gasteiger partial charge < -0.3 is 10.7 Å². The predicted octanol–water partition coefficient (Wildman–Crippen LogP) is 3.48. The largest absolute Gasteiger partial charge is 0.433 e. The Morgan fingerprint density at radius 3 is 2.50 bits per heavy atom. The number of aromatic nitrogens is 3. The number of pyridine rings is 1. The van der Waals surface area contributed by atoms with Crippen LogP contribution >= 0.6 is 0 Å². The minimum Gasteiger partial charge on any atom is -0.329 e. The SMILES string of the molecule is CC1CN(Cc2ccc(C(F)(F)F)nc2)CC1C1NC(=O)c2cnc(-c3ccc(F)cc3)n2N1. The van der Waals surface area contributed by atoms with Crippen LogP contribution in [0.2, 0.25) is 0 Å². The summed E-state index contributed by atoms with van der Waals surface area (Å²) in [5.41, 5.74) is 4.14. The summed E-state index contributed by atoms with van der Waals surface area (Å²) in [6.07, 6.45) is -2.11. The molecule has 0 bridgehead atoms. The molecule has 2 aromatic heterocycles. The van der Waals surface area contributed by atoms with Gasteiger partial charge in [0.25, 0.3) is 5.91 Å². The molecule has 0 spiro atoms. The topological polar surface area (TPSA) is 75.1 Å². The lowest BCUT2D eigenvalue weighted by atomic mass is 9.94. The number of amides is 1. The van der Waals surface area contributed by atoms with Crippen LogP contribution in [0.1, 0.15) is 28.7 Å². The Hall–Kier alpha value is -3.47. The predicted molar refractivity (Wildman–Crippen MR) is 115 cm³/mol. The van der Waals surface area contributed by atoms with E-state index in [-0.39, 0.29) is 29.7 Å². The molecule has 178 valence electrons. The number of likely N-dealkylation sites (tertiary alicyclic amines) is 1. The third-order valence-corrected chi connectivity index (χ3v) is 6.35. The summed E-state index contributed by atoms with van der Waals surface area (Å²) in [6.45, 7) is 3.90. The summed E-state index contributed by atoms with van der Waals surface area (Å²) in [7, 11) is 0. The number of fused-ring (bicyclic) bond motifs is 1. The van der Waals surface area contributed by atoms with Crippen LogP contribution in [0.25, 0.3) is 11.4 Å². The van der Waals surface area contributed by atoms with Gasteiger partial charge in [-0.3, -0.25) is 14.7 Å². The van der Waals surface area contributed by atoms with Gasteiger partial charge in [-0.15, -0.1) is 0 Å². The van der Waals surface area contributed by atoms with Gasteiger partial charge in [0.2, 0.25) is 0 Å². The Balaban J connectivity index is 1.30. The van der Waals surface area contributed by atoms with E-state index in [0.717, 1.165) is 12.6 Å². The van der Waals surface area contributed by atoms with Crippen LogP contribution in [0, 0.1) is 17.7 Å². The van der Waals surface area contributed by atoms with Crippen molar-refractivity contribution in [2.45, 2.75) is 25.8 Å². The Kier molecular flexibility index (Phi) is 5.51. The first-order valence-electron chi connectivity index (χ1n) is 10.8. The molecule has 34 heavy (non-hydrogen) atoms. The number of hydrogen-bond acceptors (Lipinski definition) is 5. The molecule has 3 unspecified atom stereocenters. The third kappa shape index (κ3) is 4.23. The Bertz CT molecular complexity index is 1190. The van der Waals surface area contributed by atoms with Gasteiger partial charge in [0.1, 0.15) is 23.4 Å². The van der Waals surface area contributed by atoms with E-state index in [1.165, 1.54) is 30.6 Å². The number of nitrogens with zero attached hydrogens (tertiary/aromatic N) is 4. The molecule has 3 atom stereocenters. The van der Waals surface area contributed by atoms with Gasteiger partial charge in [-0.1, -0.05) is 13.0 Å². The van der Waals surface area contributed by atoms with E-state index < -0.39 is 11.9 Å². The molecule has 2 aliphatic heterocycles. The van der Waals surface area contributed by atoms with Crippen molar-refractivity contribution >= 4 is 5.91 Å². The zero-order valence-corrected chi connectivity index (χ0v) is 18.2. The highest BCUT2D eigenvalue weighted by atomic mass is 19.4. The molecular weight excluding hydrogens is 452 g/mol. The Morgan fingerprint density at radius 2 is 1.82 bits per heavy atom. The number of imidazole rings is 1. The molecule has 0 radical (unpaired) electrons. The first-order valence-corrected chi connectivity index (χ1v) is 10.8. The fourth-order valence-electron chi connectivity index (χ4n) is 4.64. The second-order valence-corrected chi connectivity index (χ2v) is 8.77. The van der Waals surface area contributed by atoms with Gasteiger partial charge in [-0.2, -0.15) is 13.2 Å². The standard InChI is InChI=1S/C23H22F4N6O/c1-13-10-32(11-14-2-7-19(28-8-14)23(25,26)27)12-17(13)20-30-22(34)18-9-29-21(33(18)31-20)15-3-5-16(24)6-4-15/h2-9,13,17,20,31H,10-12H2,1H3,(H,30,34). The van der Waals surface area contributed by atoms with Crippen molar-refractivity contribution in [1.82, 2.24) is 24.9 Å². The lowest BCUT2D eigenvalue weighted by Crippen LogP contribution is -2.55. The molecule has 1 fully saturated rings. The molecule has 2 aliphatic rings. The van der Waals surface area contributed by atoms with Gasteiger partial charge in [0.05, 0.1) is 6.20 Å². The number of carbonyl (C=O) groups is 1. The number of carbonyl (C=O) groups excluding carboxylic acids is 1. The number of alkyl halides is 3. The van der Waals surface area contributed by atoms with Crippen LogP contribution < -0.4 is 10.7 Å². The molecule has 4 heterocycles. The number of halogens is 4. The lowest BCUT2D eigenvalue weighted by Gasteiger charge is -2.34. The maximum absolute atomic E-state index is 13.3. The van der Waals surface area contributed by atoms with Crippen LogP contribution in [0.5, 0.6) is 0 Å². The second-order valence-electron chi connectivity index (χ2n) is 8.77. The van der Waals surface area contributed by atoms with Gasteiger partial charge in [-0.25, -0.2) is 14.1 Å². The molecule has 1 amide bonds. The summed E-state index contributed by atoms with van der Waals surface area (Å²) in [4.78, 5) is 22.8. The van der Waals surface area contributed by atoms with Gasteiger partial charge >= 0.3 is 6.18 Å². The summed E-state index contributed by atoms with van der Waals surface area (Å²) in [5.74, 6) is 0.138. The smallest absolute Gasteiger partial charge is 0.329 e. The van der Waals surface area contributed by atoms with E-state index in [4.69, 9.17) is 0 Å². The number of rotatable bonds is 4. The average molecular weight is 474 g/mol. The second kappa shape index (κ2) is 8.39. The van der Waals surface area contributed by atoms with Gasteiger partial charge in [0, 0.05) is 37.3 Å². The Labute approximate surface area is 192 Å². The third-order valence-electron chi connectivity index (χ3n) is 6.35. The molecule has 2 N–H and O–H groups in total. The maximum atomic E-state index is 13.3. The molecule has 0 aliphatic carbocycles. The van der Waals surface area contributed by atoms with Crippen LogP contribution in [0.3, 0.4) is 0 Å². The first-order chi connectivity index (χ1) is 16.2. The molecular formula is C23H22F4N6O. The quantitative estimate of drug-likeness (QED) is 0.567. The molecule has 3 aromatic rings. The minimum absolute atomic E-state index is 0.0444. The van der Waals surface area contributed by atoms with E-state index in [9.17, 15) is 22.4 Å². The van der Waals surface area contributed by atoms with E-state index in [1.807, 2.05) is 0 Å². The summed E-state index contributed by atoms with van der Waals surface area (Å²) < 4.78 is 53.3.